The quantitative estimate of drug-likeness (QED) is 0.122. The van der Waals surface area contributed by atoms with Gasteiger partial charge in [0.2, 0.25) is 0 Å². The van der Waals surface area contributed by atoms with E-state index in [1.54, 1.807) is 60.7 Å². The highest BCUT2D eigenvalue weighted by molar-refractivity contribution is 8.00. The number of hydrogen-bond acceptors (Lipinski definition) is 15. The molecule has 0 spiro atoms. The summed E-state index contributed by atoms with van der Waals surface area (Å²) in [7, 11) is 0. The summed E-state index contributed by atoms with van der Waals surface area (Å²) in [5, 5.41) is 65.3. The second-order valence-electron chi connectivity index (χ2n) is 11.3. The van der Waals surface area contributed by atoms with Crippen LogP contribution in [0.2, 0.25) is 0 Å². The normalized spacial score (nSPS) is 31.4. The Hall–Kier alpha value is -3.19. The molecule has 0 radical (unpaired) electrons. The molecule has 15 heteroatoms. The molecule has 2 aromatic carbocycles. The van der Waals surface area contributed by atoms with Crippen molar-refractivity contribution in [2.24, 2.45) is 0 Å². The van der Waals surface area contributed by atoms with Crippen LogP contribution in [0.1, 0.15) is 11.1 Å². The lowest BCUT2D eigenvalue weighted by Crippen LogP contribution is -2.61. The first kappa shape index (κ1) is 33.7. The van der Waals surface area contributed by atoms with Crippen LogP contribution < -0.4 is 11.3 Å². The molecule has 2 aromatic heterocycles. The van der Waals surface area contributed by atoms with Crippen molar-refractivity contribution in [2.45, 2.75) is 72.9 Å². The number of aliphatic hydroxyl groups is 6. The van der Waals surface area contributed by atoms with Crippen LogP contribution in [0.4, 0.5) is 0 Å². The van der Waals surface area contributed by atoms with Gasteiger partial charge in [-0.25, -0.2) is 9.59 Å². The maximum absolute atomic E-state index is 12.5. The van der Waals surface area contributed by atoms with Crippen LogP contribution in [0.5, 0.6) is 0 Å². The molecule has 0 aliphatic carbocycles. The van der Waals surface area contributed by atoms with E-state index in [1.807, 2.05) is 0 Å². The Balaban J connectivity index is 1.17. The predicted octanol–water partition coefficient (Wildman–Crippen LogP) is -0.0188. The van der Waals surface area contributed by atoms with Crippen molar-refractivity contribution < 1.29 is 58.4 Å². The van der Waals surface area contributed by atoms with Crippen molar-refractivity contribution in [3.05, 3.63) is 92.6 Å². The van der Waals surface area contributed by atoms with Crippen LogP contribution in [0.3, 0.4) is 0 Å². The minimum atomic E-state index is -1.57. The van der Waals surface area contributed by atoms with Gasteiger partial charge >= 0.3 is 11.3 Å². The number of hydrogen-bond donors (Lipinski definition) is 6. The van der Waals surface area contributed by atoms with Gasteiger partial charge in [-0.1, -0.05) is 48.2 Å². The monoisotopic (exact) mass is 674 g/mol. The van der Waals surface area contributed by atoms with Crippen molar-refractivity contribution in [3.63, 3.8) is 0 Å². The maximum atomic E-state index is 12.5. The molecule has 252 valence electrons. The van der Waals surface area contributed by atoms with E-state index in [0.29, 0.717) is 21.9 Å². The summed E-state index contributed by atoms with van der Waals surface area (Å²) in [6, 6.07) is 16.9. The third-order valence-corrected chi connectivity index (χ3v) is 9.52. The van der Waals surface area contributed by atoms with Crippen molar-refractivity contribution in [3.8, 4) is 0 Å². The zero-order valence-electron chi connectivity index (χ0n) is 24.7. The van der Waals surface area contributed by atoms with E-state index >= 15 is 0 Å². The Morgan fingerprint density at radius 2 is 1.02 bits per heavy atom. The van der Waals surface area contributed by atoms with Gasteiger partial charge < -0.3 is 58.4 Å². The summed E-state index contributed by atoms with van der Waals surface area (Å²) < 4.78 is 33.7. The Bertz CT molecular complexity index is 1660. The van der Waals surface area contributed by atoms with Crippen LogP contribution in [-0.2, 0) is 32.2 Å². The molecular weight excluding hydrogens is 640 g/mol. The molecule has 2 aliphatic heterocycles. The number of thioether (sulfide) groups is 1. The van der Waals surface area contributed by atoms with Crippen molar-refractivity contribution in [2.75, 3.05) is 13.2 Å². The first-order valence-corrected chi connectivity index (χ1v) is 15.8. The number of ether oxygens (including phenoxy) is 4. The topological polar surface area (TPSA) is 219 Å². The van der Waals surface area contributed by atoms with E-state index in [9.17, 15) is 40.2 Å². The fourth-order valence-corrected chi connectivity index (χ4v) is 6.95. The van der Waals surface area contributed by atoms with Crippen LogP contribution in [-0.4, -0.2) is 104 Å². The highest BCUT2D eigenvalue weighted by Gasteiger charge is 2.51. The molecule has 2 fully saturated rings. The highest BCUT2D eigenvalue weighted by Crippen LogP contribution is 2.38. The third-order valence-electron chi connectivity index (χ3n) is 8.20. The van der Waals surface area contributed by atoms with Crippen molar-refractivity contribution >= 4 is 33.7 Å². The van der Waals surface area contributed by atoms with Gasteiger partial charge in [0.25, 0.3) is 0 Å². The summed E-state index contributed by atoms with van der Waals surface area (Å²) >= 11 is 0.751. The second-order valence-corrected chi connectivity index (χ2v) is 12.5. The molecular formula is C32H34O14S. The van der Waals surface area contributed by atoms with Crippen LogP contribution in [0.15, 0.2) is 79.1 Å². The second kappa shape index (κ2) is 14.5. The molecule has 47 heavy (non-hydrogen) atoms. The largest absolute Gasteiger partial charge is 0.422 e. The summed E-state index contributed by atoms with van der Waals surface area (Å²) in [6.45, 7) is -2.01. The van der Waals surface area contributed by atoms with Crippen molar-refractivity contribution in [1.82, 2.24) is 0 Å². The average molecular weight is 675 g/mol. The Morgan fingerprint density at radius 3 is 1.43 bits per heavy atom. The number of aliphatic hydroxyl groups excluding tert-OH is 6. The first-order valence-electron chi connectivity index (χ1n) is 14.9. The van der Waals surface area contributed by atoms with Crippen molar-refractivity contribution in [1.29, 1.82) is 0 Å². The van der Waals surface area contributed by atoms with E-state index in [2.05, 4.69) is 0 Å². The molecule has 6 N–H and O–H groups in total. The van der Waals surface area contributed by atoms with Gasteiger partial charge in [0, 0.05) is 10.8 Å². The zero-order valence-corrected chi connectivity index (χ0v) is 25.5. The van der Waals surface area contributed by atoms with E-state index < -0.39 is 84.2 Å². The maximum Gasteiger partial charge on any atom is 0.341 e. The Kier molecular flexibility index (Phi) is 10.4. The molecule has 2 saturated heterocycles. The SMILES string of the molecule is O=c1oc2ccccc2cc1CO[C@H]1[C@@H](O)[C@@H](CO)O[C@@H](S[C@@H]2O[C@H](CO)[C@H](O)[C@H](OCc3cc4ccccc4oc3=O)[C@H]2O)[C@@H]1O. The highest BCUT2D eigenvalue weighted by atomic mass is 32.2. The number of para-hydroxylation sites is 2. The van der Waals surface area contributed by atoms with Gasteiger partial charge in [-0.15, -0.1) is 0 Å². The summed E-state index contributed by atoms with van der Waals surface area (Å²) in [5.74, 6) is 0. The lowest BCUT2D eigenvalue weighted by atomic mass is 9.99. The standard InChI is InChI=1S/C32H34O14S/c33-11-21-23(35)27(41-13-17-9-15-5-1-3-7-19(15)43-29(17)39)25(37)31(45-21)47-32-26(38)28(24(36)22(12-34)46-32)42-14-18-10-16-6-2-4-8-20(16)44-30(18)40/h1-10,21-28,31-38H,11-14H2/t21-,22-,23+,24+,25-,26-,27+,28+,31+,32+/m1/s1. The van der Waals surface area contributed by atoms with Gasteiger partial charge in [0.15, 0.2) is 0 Å². The minimum absolute atomic E-state index is 0.130. The van der Waals surface area contributed by atoms with Crippen LogP contribution >= 0.6 is 11.8 Å². The van der Waals surface area contributed by atoms with Crippen LogP contribution in [0, 0.1) is 0 Å². The van der Waals surface area contributed by atoms with Gasteiger partial charge in [-0.05, 0) is 24.3 Å². The fraction of sp³-hybridized carbons (Fsp3) is 0.438. The number of fused-ring (bicyclic) bond motifs is 2. The molecule has 0 unspecified atom stereocenters. The van der Waals surface area contributed by atoms with Gasteiger partial charge in [0.05, 0.1) is 37.6 Å². The van der Waals surface area contributed by atoms with Gasteiger partial charge in [-0.2, -0.15) is 0 Å². The lowest BCUT2D eigenvalue weighted by Gasteiger charge is -2.46. The average Bonchev–Trinajstić information content (AvgIpc) is 3.07. The van der Waals surface area contributed by atoms with Gasteiger partial charge in [0.1, 0.15) is 70.9 Å². The third kappa shape index (κ3) is 7.02. The van der Waals surface area contributed by atoms with E-state index in [-0.39, 0.29) is 24.3 Å². The predicted molar refractivity (Wildman–Crippen MR) is 165 cm³/mol. The van der Waals surface area contributed by atoms with E-state index in [1.165, 1.54) is 0 Å². The Labute approximate surface area is 270 Å². The molecule has 14 nitrogen and oxygen atoms in total. The minimum Gasteiger partial charge on any atom is -0.422 e. The molecule has 0 amide bonds. The van der Waals surface area contributed by atoms with Crippen LogP contribution in [0.25, 0.3) is 21.9 Å². The smallest absolute Gasteiger partial charge is 0.341 e. The molecule has 0 saturated carbocycles. The first-order chi connectivity index (χ1) is 22.7. The number of benzene rings is 2. The van der Waals surface area contributed by atoms with Gasteiger partial charge in [-0.3, -0.25) is 0 Å². The summed E-state index contributed by atoms with van der Waals surface area (Å²) in [4.78, 5) is 25.1. The Morgan fingerprint density at radius 1 is 0.617 bits per heavy atom. The summed E-state index contributed by atoms with van der Waals surface area (Å²) in [6.07, 6.45) is -11.3. The lowest BCUT2D eigenvalue weighted by molar-refractivity contribution is -0.231. The summed E-state index contributed by atoms with van der Waals surface area (Å²) in [5.41, 5.74) is -2.84. The molecule has 6 rings (SSSR count). The van der Waals surface area contributed by atoms with E-state index in [0.717, 1.165) is 11.8 Å². The molecule has 4 heterocycles. The zero-order chi connectivity index (χ0) is 33.2. The number of rotatable bonds is 10. The molecule has 10 atom stereocenters. The molecule has 2 aliphatic rings. The fourth-order valence-electron chi connectivity index (χ4n) is 5.64. The molecule has 0 bridgehead atoms. The van der Waals surface area contributed by atoms with E-state index in [4.69, 9.17) is 27.8 Å². The molecule has 4 aromatic rings.